The van der Waals surface area contributed by atoms with Gasteiger partial charge in [-0.3, -0.25) is 9.59 Å². The second-order valence-corrected chi connectivity index (χ2v) is 8.99. The lowest BCUT2D eigenvalue weighted by Gasteiger charge is -2.16. The lowest BCUT2D eigenvalue weighted by Crippen LogP contribution is -2.35. The van der Waals surface area contributed by atoms with Crippen LogP contribution in [0.5, 0.6) is 11.6 Å². The van der Waals surface area contributed by atoms with Gasteiger partial charge >= 0.3 is 5.97 Å². The van der Waals surface area contributed by atoms with Gasteiger partial charge < -0.3 is 20.1 Å². The monoisotopic (exact) mass is 535 g/mol. The third-order valence-electron chi connectivity index (χ3n) is 6.41. The van der Waals surface area contributed by atoms with Gasteiger partial charge in [-0.1, -0.05) is 0 Å². The van der Waals surface area contributed by atoms with Gasteiger partial charge in [-0.2, -0.15) is 10.1 Å². The van der Waals surface area contributed by atoms with Gasteiger partial charge in [0.2, 0.25) is 17.7 Å². The summed E-state index contributed by atoms with van der Waals surface area (Å²) in [6.45, 7) is 3.57. The summed E-state index contributed by atoms with van der Waals surface area (Å²) in [6.07, 6.45) is 3.33. The van der Waals surface area contributed by atoms with Gasteiger partial charge in [0.15, 0.2) is 11.6 Å². The van der Waals surface area contributed by atoms with Crippen LogP contribution in [0.2, 0.25) is 0 Å². The van der Waals surface area contributed by atoms with E-state index in [1.807, 2.05) is 0 Å². The van der Waals surface area contributed by atoms with Gasteiger partial charge in [0, 0.05) is 23.6 Å². The molecule has 2 N–H and O–H groups in total. The predicted molar refractivity (Wildman–Crippen MR) is 135 cm³/mol. The molecule has 1 aliphatic carbocycles. The van der Waals surface area contributed by atoms with Crippen LogP contribution in [0, 0.1) is 24.0 Å². The van der Waals surface area contributed by atoms with Crippen LogP contribution < -0.4 is 15.4 Å². The molecule has 0 unspecified atom stereocenters. The Bertz CT molecular complexity index is 1600. The number of nitrogens with one attached hydrogen (secondary N) is 2. The zero-order chi connectivity index (χ0) is 27.7. The highest BCUT2D eigenvalue weighted by Gasteiger charge is 2.56. The van der Waals surface area contributed by atoms with E-state index in [2.05, 4.69) is 20.7 Å². The SMILES string of the molecule is CCOC(=O)c1cn2ncnc(Oc3ccc(NC(=O)C4(C(=O)Nc5ccc(F)cc5)CC4)cc3F)c2c1C. The van der Waals surface area contributed by atoms with Gasteiger partial charge in [0.25, 0.3) is 0 Å². The molecule has 2 aromatic carbocycles. The molecule has 12 heteroatoms. The number of benzene rings is 2. The number of amides is 2. The summed E-state index contributed by atoms with van der Waals surface area (Å²) in [5.74, 6) is -3.04. The Hall–Kier alpha value is -4.87. The van der Waals surface area contributed by atoms with Crippen LogP contribution in [-0.2, 0) is 14.3 Å². The van der Waals surface area contributed by atoms with Gasteiger partial charge in [-0.15, -0.1) is 0 Å². The highest BCUT2D eigenvalue weighted by molar-refractivity contribution is 6.16. The zero-order valence-electron chi connectivity index (χ0n) is 21.0. The Kier molecular flexibility index (Phi) is 6.69. The molecule has 5 rings (SSSR count). The number of esters is 1. The quantitative estimate of drug-likeness (QED) is 0.249. The van der Waals surface area contributed by atoms with E-state index in [1.54, 1.807) is 13.8 Å². The Morgan fingerprint density at radius 1 is 1.03 bits per heavy atom. The molecule has 1 aliphatic rings. The standard InChI is InChI=1S/C27H23F2N5O5/c1-3-38-24(35)19-13-34-22(15(19)2)23(30-14-31-34)39-21-9-8-18(12-20(21)29)33-26(37)27(10-11-27)25(36)32-17-6-4-16(28)5-7-17/h4-9,12-14H,3,10-11H2,1-2H3,(H,32,36)(H,33,37). The zero-order valence-corrected chi connectivity index (χ0v) is 21.0. The van der Waals surface area contributed by atoms with Crippen molar-refractivity contribution in [2.24, 2.45) is 5.41 Å². The molecule has 39 heavy (non-hydrogen) atoms. The Morgan fingerprint density at radius 2 is 1.69 bits per heavy atom. The number of carbonyl (C=O) groups excluding carboxylic acids is 3. The van der Waals surface area contributed by atoms with E-state index in [4.69, 9.17) is 9.47 Å². The van der Waals surface area contributed by atoms with E-state index in [0.29, 0.717) is 29.6 Å². The molecule has 0 bridgehead atoms. The summed E-state index contributed by atoms with van der Waals surface area (Å²) in [5.41, 5.74) is 0.331. The first-order valence-electron chi connectivity index (χ1n) is 12.1. The van der Waals surface area contributed by atoms with Crippen LogP contribution in [0.15, 0.2) is 55.0 Å². The summed E-state index contributed by atoms with van der Waals surface area (Å²) < 4.78 is 40.3. The third-order valence-corrected chi connectivity index (χ3v) is 6.41. The predicted octanol–water partition coefficient (Wildman–Crippen LogP) is 4.64. The number of ether oxygens (including phenoxy) is 2. The van der Waals surface area contributed by atoms with Crippen molar-refractivity contribution in [2.45, 2.75) is 26.7 Å². The summed E-state index contributed by atoms with van der Waals surface area (Å²) in [4.78, 5) is 42.0. The summed E-state index contributed by atoms with van der Waals surface area (Å²) in [7, 11) is 0. The molecule has 2 aromatic heterocycles. The van der Waals surface area contributed by atoms with Crippen LogP contribution in [0.3, 0.4) is 0 Å². The maximum atomic E-state index is 15.0. The molecule has 200 valence electrons. The first-order valence-corrected chi connectivity index (χ1v) is 12.1. The highest BCUT2D eigenvalue weighted by atomic mass is 19.1. The molecule has 0 atom stereocenters. The van der Waals surface area contributed by atoms with Crippen molar-refractivity contribution in [1.29, 1.82) is 0 Å². The van der Waals surface area contributed by atoms with Crippen LogP contribution in [-0.4, -0.2) is 39.0 Å². The van der Waals surface area contributed by atoms with Gasteiger partial charge in [-0.05, 0) is 68.7 Å². The Labute approximate surface area is 220 Å². The average molecular weight is 536 g/mol. The van der Waals surface area contributed by atoms with Crippen molar-refractivity contribution in [2.75, 3.05) is 17.2 Å². The van der Waals surface area contributed by atoms with Gasteiger partial charge in [0.05, 0.1) is 12.2 Å². The van der Waals surface area contributed by atoms with Crippen molar-refractivity contribution < 1.29 is 32.6 Å². The topological polar surface area (TPSA) is 124 Å². The van der Waals surface area contributed by atoms with E-state index in [0.717, 1.165) is 6.07 Å². The van der Waals surface area contributed by atoms with E-state index in [9.17, 15) is 18.8 Å². The van der Waals surface area contributed by atoms with Crippen molar-refractivity contribution in [1.82, 2.24) is 14.6 Å². The number of anilines is 2. The fourth-order valence-corrected chi connectivity index (χ4v) is 4.10. The summed E-state index contributed by atoms with van der Waals surface area (Å²) in [5, 5.41) is 9.28. The average Bonchev–Trinajstić information content (AvgIpc) is 3.66. The molecular formula is C27H23F2N5O5. The number of halogens is 2. The van der Waals surface area contributed by atoms with Crippen molar-refractivity contribution in [3.8, 4) is 11.6 Å². The van der Waals surface area contributed by atoms with Crippen molar-refractivity contribution in [3.63, 3.8) is 0 Å². The van der Waals surface area contributed by atoms with Crippen LogP contribution in [0.1, 0.15) is 35.7 Å². The molecule has 0 saturated heterocycles. The molecule has 1 fully saturated rings. The van der Waals surface area contributed by atoms with Crippen LogP contribution in [0.25, 0.3) is 5.52 Å². The summed E-state index contributed by atoms with van der Waals surface area (Å²) in [6, 6.07) is 9.00. The molecule has 1 saturated carbocycles. The first kappa shape index (κ1) is 25.8. The lowest BCUT2D eigenvalue weighted by atomic mass is 10.0. The maximum absolute atomic E-state index is 15.0. The number of rotatable bonds is 8. The van der Waals surface area contributed by atoms with E-state index >= 15 is 4.39 Å². The van der Waals surface area contributed by atoms with Crippen molar-refractivity contribution in [3.05, 3.63) is 77.8 Å². The second kappa shape index (κ2) is 10.1. The minimum atomic E-state index is -1.30. The molecule has 10 nitrogen and oxygen atoms in total. The number of hydrogen-bond acceptors (Lipinski definition) is 7. The Morgan fingerprint density at radius 3 is 2.33 bits per heavy atom. The van der Waals surface area contributed by atoms with Gasteiger partial charge in [-0.25, -0.2) is 18.1 Å². The minimum absolute atomic E-state index is 0.0168. The van der Waals surface area contributed by atoms with E-state index in [1.165, 1.54) is 53.4 Å². The molecule has 2 heterocycles. The molecule has 4 aromatic rings. The molecular weight excluding hydrogens is 512 g/mol. The maximum Gasteiger partial charge on any atom is 0.340 e. The Balaban J connectivity index is 1.31. The minimum Gasteiger partial charge on any atom is -0.462 e. The van der Waals surface area contributed by atoms with Crippen molar-refractivity contribution >= 4 is 34.7 Å². The fraction of sp³-hybridized carbons (Fsp3) is 0.222. The summed E-state index contributed by atoms with van der Waals surface area (Å²) >= 11 is 0. The second-order valence-electron chi connectivity index (χ2n) is 8.99. The highest BCUT2D eigenvalue weighted by Crippen LogP contribution is 2.47. The van der Waals surface area contributed by atoms with E-state index < -0.39 is 34.8 Å². The first-order chi connectivity index (χ1) is 18.7. The molecule has 2 amide bonds. The van der Waals surface area contributed by atoms with Gasteiger partial charge in [0.1, 0.15) is 23.1 Å². The smallest absolute Gasteiger partial charge is 0.340 e. The number of carbonyl (C=O) groups is 3. The lowest BCUT2D eigenvalue weighted by molar-refractivity contribution is -0.131. The number of aromatic nitrogens is 3. The number of nitrogens with zero attached hydrogens (tertiary/aromatic N) is 3. The van der Waals surface area contributed by atoms with E-state index in [-0.39, 0.29) is 29.5 Å². The largest absolute Gasteiger partial charge is 0.462 e. The van der Waals surface area contributed by atoms with Crippen LogP contribution >= 0.6 is 0 Å². The molecule has 0 radical (unpaired) electrons. The third kappa shape index (κ3) is 5.00. The fourth-order valence-electron chi connectivity index (χ4n) is 4.10. The molecule has 0 spiro atoms. The normalized spacial score (nSPS) is 13.5. The number of hydrogen-bond donors (Lipinski definition) is 2. The van der Waals surface area contributed by atoms with Crippen LogP contribution in [0.4, 0.5) is 20.2 Å². The number of aryl methyl sites for hydroxylation is 1. The molecule has 0 aliphatic heterocycles. The number of fused-ring (bicyclic) bond motifs is 1.